The summed E-state index contributed by atoms with van der Waals surface area (Å²) in [7, 11) is 0. The zero-order valence-corrected chi connectivity index (χ0v) is 10.3. The maximum absolute atomic E-state index is 11.0. The van der Waals surface area contributed by atoms with Gasteiger partial charge >= 0.3 is 0 Å². The highest BCUT2D eigenvalue weighted by Crippen LogP contribution is 2.31. The summed E-state index contributed by atoms with van der Waals surface area (Å²) in [4.78, 5) is 15.1. The van der Waals surface area contributed by atoms with E-state index >= 15 is 0 Å². The molecular weight excluding hydrogens is 230 g/mol. The zero-order chi connectivity index (χ0) is 13.0. The van der Waals surface area contributed by atoms with Gasteiger partial charge in [-0.3, -0.25) is 4.79 Å². The molecule has 1 saturated carbocycles. The van der Waals surface area contributed by atoms with Gasteiger partial charge in [-0.1, -0.05) is 12.5 Å². The molecule has 0 aromatic carbocycles. The first kappa shape index (κ1) is 12.8. The average Bonchev–Trinajstić information content (AvgIpc) is 2.84. The van der Waals surface area contributed by atoms with Crippen LogP contribution in [0.5, 0.6) is 5.88 Å². The second kappa shape index (κ2) is 5.82. The van der Waals surface area contributed by atoms with Gasteiger partial charge in [-0.2, -0.15) is 0 Å². The third kappa shape index (κ3) is 2.98. The molecule has 2 rings (SSSR count). The monoisotopic (exact) mass is 249 g/mol. The van der Waals surface area contributed by atoms with Gasteiger partial charge in [0.25, 0.3) is 5.91 Å². The van der Waals surface area contributed by atoms with E-state index in [1.54, 1.807) is 18.2 Å². The summed E-state index contributed by atoms with van der Waals surface area (Å²) < 4.78 is 5.64. The van der Waals surface area contributed by atoms with Gasteiger partial charge in [-0.15, -0.1) is 0 Å². The van der Waals surface area contributed by atoms with Crippen molar-refractivity contribution in [2.75, 3.05) is 13.2 Å². The summed E-state index contributed by atoms with van der Waals surface area (Å²) in [6.07, 6.45) is 3.54. The highest BCUT2D eigenvalue weighted by atomic mass is 16.5. The Labute approximate surface area is 107 Å². The van der Waals surface area contributed by atoms with Crippen LogP contribution in [0.4, 0.5) is 0 Å². The molecule has 2 unspecified atom stereocenters. The fraction of sp³-hybridized carbons (Fsp3) is 0.538. The van der Waals surface area contributed by atoms with Crippen LogP contribution < -0.4 is 16.2 Å². The number of ether oxygens (including phenoxy) is 1. The van der Waals surface area contributed by atoms with Crippen LogP contribution in [-0.4, -0.2) is 24.0 Å². The minimum absolute atomic E-state index is 0.231. The number of primary amides is 1. The van der Waals surface area contributed by atoms with Gasteiger partial charge in [0.15, 0.2) is 0 Å². The predicted molar refractivity (Wildman–Crippen MR) is 68.1 cm³/mol. The first-order valence-corrected chi connectivity index (χ1v) is 6.30. The second-order valence-corrected chi connectivity index (χ2v) is 4.72. The van der Waals surface area contributed by atoms with Crippen molar-refractivity contribution in [1.82, 2.24) is 4.98 Å². The van der Waals surface area contributed by atoms with E-state index in [2.05, 4.69) is 4.98 Å². The molecule has 2 atom stereocenters. The Morgan fingerprint density at radius 3 is 2.89 bits per heavy atom. The van der Waals surface area contributed by atoms with E-state index in [1.807, 2.05) is 0 Å². The van der Waals surface area contributed by atoms with Crippen LogP contribution in [-0.2, 0) is 0 Å². The molecular formula is C13H19N3O2. The lowest BCUT2D eigenvalue weighted by molar-refractivity contribution is 0.0994. The zero-order valence-electron chi connectivity index (χ0n) is 10.3. The van der Waals surface area contributed by atoms with Crippen molar-refractivity contribution >= 4 is 5.91 Å². The first-order valence-electron chi connectivity index (χ1n) is 6.30. The molecule has 98 valence electrons. The fourth-order valence-corrected chi connectivity index (χ4v) is 2.47. The van der Waals surface area contributed by atoms with Crippen molar-refractivity contribution in [2.45, 2.75) is 19.3 Å². The van der Waals surface area contributed by atoms with Crippen LogP contribution in [0, 0.1) is 11.8 Å². The number of aromatic nitrogens is 1. The lowest BCUT2D eigenvalue weighted by Crippen LogP contribution is -2.23. The molecule has 0 aliphatic heterocycles. The van der Waals surface area contributed by atoms with E-state index < -0.39 is 5.91 Å². The van der Waals surface area contributed by atoms with E-state index in [4.69, 9.17) is 16.2 Å². The molecule has 0 bridgehead atoms. The van der Waals surface area contributed by atoms with E-state index in [0.29, 0.717) is 30.9 Å². The first-order chi connectivity index (χ1) is 8.70. The van der Waals surface area contributed by atoms with Crippen LogP contribution >= 0.6 is 0 Å². The molecule has 5 nitrogen and oxygen atoms in total. The molecule has 4 N–H and O–H groups in total. The van der Waals surface area contributed by atoms with Crippen LogP contribution in [0.1, 0.15) is 29.8 Å². The van der Waals surface area contributed by atoms with Crippen molar-refractivity contribution < 1.29 is 9.53 Å². The van der Waals surface area contributed by atoms with Crippen molar-refractivity contribution in [3.05, 3.63) is 23.9 Å². The number of nitrogens with zero attached hydrogens (tertiary/aromatic N) is 1. The number of hydrogen-bond donors (Lipinski definition) is 2. The van der Waals surface area contributed by atoms with Gasteiger partial charge in [0.05, 0.1) is 6.61 Å². The third-order valence-electron chi connectivity index (χ3n) is 3.54. The van der Waals surface area contributed by atoms with E-state index in [1.165, 1.54) is 12.8 Å². The number of rotatable bonds is 5. The molecule has 0 spiro atoms. The molecule has 5 heteroatoms. The van der Waals surface area contributed by atoms with Gasteiger partial charge in [0.2, 0.25) is 5.88 Å². The highest BCUT2D eigenvalue weighted by Gasteiger charge is 2.26. The molecule has 18 heavy (non-hydrogen) atoms. The van der Waals surface area contributed by atoms with E-state index in [0.717, 1.165) is 6.42 Å². The number of pyridine rings is 1. The van der Waals surface area contributed by atoms with Gasteiger partial charge in [0, 0.05) is 6.07 Å². The Bertz CT molecular complexity index is 422. The molecule has 1 aromatic rings. The number of amides is 1. The number of carbonyl (C=O) groups excluding carboxylic acids is 1. The van der Waals surface area contributed by atoms with Gasteiger partial charge in [0.1, 0.15) is 5.69 Å². The Morgan fingerprint density at radius 2 is 2.17 bits per heavy atom. The van der Waals surface area contributed by atoms with Gasteiger partial charge in [-0.05, 0) is 37.3 Å². The molecule has 1 aliphatic rings. The van der Waals surface area contributed by atoms with E-state index in [-0.39, 0.29) is 5.69 Å². The van der Waals surface area contributed by atoms with Crippen molar-refractivity contribution in [1.29, 1.82) is 0 Å². The van der Waals surface area contributed by atoms with Crippen LogP contribution in [0.3, 0.4) is 0 Å². The number of nitrogens with two attached hydrogens (primary N) is 2. The largest absolute Gasteiger partial charge is 0.477 e. The van der Waals surface area contributed by atoms with Crippen molar-refractivity contribution in [3.8, 4) is 5.88 Å². The second-order valence-electron chi connectivity index (χ2n) is 4.72. The van der Waals surface area contributed by atoms with E-state index in [9.17, 15) is 4.79 Å². The summed E-state index contributed by atoms with van der Waals surface area (Å²) in [6, 6.07) is 5.03. The molecule has 1 aliphatic carbocycles. The summed E-state index contributed by atoms with van der Waals surface area (Å²) in [5, 5.41) is 0. The van der Waals surface area contributed by atoms with Crippen molar-refractivity contribution in [2.24, 2.45) is 23.3 Å². The third-order valence-corrected chi connectivity index (χ3v) is 3.54. The molecule has 1 fully saturated rings. The summed E-state index contributed by atoms with van der Waals surface area (Å²) in [5.74, 6) is 0.952. The minimum atomic E-state index is -0.541. The summed E-state index contributed by atoms with van der Waals surface area (Å²) >= 11 is 0. The maximum Gasteiger partial charge on any atom is 0.267 e. The fourth-order valence-electron chi connectivity index (χ4n) is 2.47. The molecule has 1 aromatic heterocycles. The number of carbonyl (C=O) groups is 1. The normalized spacial score (nSPS) is 22.9. The van der Waals surface area contributed by atoms with Gasteiger partial charge in [-0.25, -0.2) is 4.98 Å². The quantitative estimate of drug-likeness (QED) is 0.812. The Balaban J connectivity index is 1.93. The molecule has 0 radical (unpaired) electrons. The minimum Gasteiger partial charge on any atom is -0.477 e. The lowest BCUT2D eigenvalue weighted by Gasteiger charge is -2.17. The predicted octanol–water partition coefficient (Wildman–Crippen LogP) is 0.934. The summed E-state index contributed by atoms with van der Waals surface area (Å²) in [6.45, 7) is 1.32. The molecule has 1 heterocycles. The standard InChI is InChI=1S/C13H19N3O2/c14-7-9-3-1-4-10(9)8-18-12-6-2-5-11(16-12)13(15)17/h2,5-6,9-10H,1,3-4,7-8,14H2,(H2,15,17). The SMILES string of the molecule is NCC1CCCC1COc1cccc(C(N)=O)n1. The number of hydrogen-bond acceptors (Lipinski definition) is 4. The highest BCUT2D eigenvalue weighted by molar-refractivity contribution is 5.90. The molecule has 0 saturated heterocycles. The Morgan fingerprint density at radius 1 is 1.39 bits per heavy atom. The average molecular weight is 249 g/mol. The van der Waals surface area contributed by atoms with Crippen LogP contribution in [0.15, 0.2) is 18.2 Å². The summed E-state index contributed by atoms with van der Waals surface area (Å²) in [5.41, 5.74) is 11.1. The Hall–Kier alpha value is -1.62. The van der Waals surface area contributed by atoms with Crippen LogP contribution in [0.2, 0.25) is 0 Å². The maximum atomic E-state index is 11.0. The molecule has 1 amide bonds. The van der Waals surface area contributed by atoms with Gasteiger partial charge < -0.3 is 16.2 Å². The lowest BCUT2D eigenvalue weighted by atomic mass is 9.97. The van der Waals surface area contributed by atoms with Crippen LogP contribution in [0.25, 0.3) is 0 Å². The smallest absolute Gasteiger partial charge is 0.267 e. The Kier molecular flexibility index (Phi) is 4.15. The van der Waals surface area contributed by atoms with Crippen molar-refractivity contribution in [3.63, 3.8) is 0 Å². The topological polar surface area (TPSA) is 91.2 Å².